The van der Waals surface area contributed by atoms with Crippen molar-refractivity contribution in [2.24, 2.45) is 11.7 Å². The van der Waals surface area contributed by atoms with Crippen molar-refractivity contribution in [2.45, 2.75) is 26.3 Å². The van der Waals surface area contributed by atoms with Crippen LogP contribution in [0.3, 0.4) is 0 Å². The number of amides is 1. The van der Waals surface area contributed by atoms with E-state index < -0.39 is 6.04 Å². The summed E-state index contributed by atoms with van der Waals surface area (Å²) in [5.74, 6) is 0.101. The van der Waals surface area contributed by atoms with E-state index in [1.165, 1.54) is 7.11 Å². The number of nitrogens with one attached hydrogen (secondary N) is 1. The fourth-order valence-electron chi connectivity index (χ4n) is 2.42. The molecule has 1 amide bonds. The quantitative estimate of drug-likeness (QED) is 0.758. The van der Waals surface area contributed by atoms with Crippen LogP contribution in [0.4, 0.5) is 5.69 Å². The molecular formula is C20H24N2O3. The van der Waals surface area contributed by atoms with Crippen LogP contribution in [0.5, 0.6) is 5.75 Å². The van der Waals surface area contributed by atoms with Crippen LogP contribution < -0.4 is 15.8 Å². The monoisotopic (exact) mass is 340 g/mol. The Hall–Kier alpha value is -2.66. The number of carbonyl (C=O) groups excluding carboxylic acids is 2. The maximum atomic E-state index is 12.8. The van der Waals surface area contributed by atoms with Gasteiger partial charge in [0.15, 0.2) is 5.78 Å². The van der Waals surface area contributed by atoms with Crippen molar-refractivity contribution in [3.63, 3.8) is 0 Å². The number of carbonyl (C=O) groups is 2. The van der Waals surface area contributed by atoms with Crippen LogP contribution in [0.1, 0.15) is 36.2 Å². The molecule has 0 saturated heterocycles. The molecule has 2 atom stereocenters. The molecule has 5 heteroatoms. The van der Waals surface area contributed by atoms with E-state index in [1.54, 1.807) is 42.5 Å². The Morgan fingerprint density at radius 1 is 1.16 bits per heavy atom. The summed E-state index contributed by atoms with van der Waals surface area (Å²) in [5, 5.41) is 2.79. The van der Waals surface area contributed by atoms with Crippen molar-refractivity contribution in [1.82, 2.24) is 0 Å². The van der Waals surface area contributed by atoms with Crippen LogP contribution in [0.2, 0.25) is 0 Å². The molecule has 0 aliphatic heterocycles. The molecule has 0 saturated carbocycles. The van der Waals surface area contributed by atoms with E-state index in [0.29, 0.717) is 22.6 Å². The Morgan fingerprint density at radius 3 is 2.44 bits per heavy atom. The zero-order chi connectivity index (χ0) is 18.4. The predicted molar refractivity (Wildman–Crippen MR) is 98.9 cm³/mol. The summed E-state index contributed by atoms with van der Waals surface area (Å²) in [4.78, 5) is 25.2. The van der Waals surface area contributed by atoms with E-state index in [0.717, 1.165) is 6.42 Å². The molecule has 0 aromatic heterocycles. The Bertz CT molecular complexity index is 744. The topological polar surface area (TPSA) is 81.4 Å². The van der Waals surface area contributed by atoms with Crippen LogP contribution in [0.15, 0.2) is 48.5 Å². The second-order valence-electron chi connectivity index (χ2n) is 6.01. The highest BCUT2D eigenvalue weighted by Gasteiger charge is 2.22. The first-order valence-electron chi connectivity index (χ1n) is 8.32. The van der Waals surface area contributed by atoms with Crippen molar-refractivity contribution in [3.05, 3.63) is 59.7 Å². The van der Waals surface area contributed by atoms with E-state index >= 15 is 0 Å². The van der Waals surface area contributed by atoms with Crippen LogP contribution in [-0.2, 0) is 4.79 Å². The normalized spacial score (nSPS) is 13.0. The number of ether oxygens (including phenoxy) is 1. The minimum atomic E-state index is -0.633. The molecule has 0 aliphatic rings. The van der Waals surface area contributed by atoms with E-state index in [2.05, 4.69) is 5.32 Å². The largest absolute Gasteiger partial charge is 0.497 e. The van der Waals surface area contributed by atoms with Crippen molar-refractivity contribution >= 4 is 17.4 Å². The van der Waals surface area contributed by atoms with Gasteiger partial charge < -0.3 is 15.8 Å². The lowest BCUT2D eigenvalue weighted by Crippen LogP contribution is -2.40. The maximum Gasteiger partial charge on any atom is 0.241 e. The van der Waals surface area contributed by atoms with Gasteiger partial charge in [-0.1, -0.05) is 50.6 Å². The van der Waals surface area contributed by atoms with Gasteiger partial charge in [-0.05, 0) is 24.1 Å². The van der Waals surface area contributed by atoms with Crippen LogP contribution in [0.25, 0.3) is 0 Å². The summed E-state index contributed by atoms with van der Waals surface area (Å²) in [6, 6.07) is 13.3. The van der Waals surface area contributed by atoms with Crippen molar-refractivity contribution in [1.29, 1.82) is 0 Å². The van der Waals surface area contributed by atoms with Gasteiger partial charge in [-0.25, -0.2) is 0 Å². The van der Waals surface area contributed by atoms with Gasteiger partial charge in [0.25, 0.3) is 0 Å². The predicted octanol–water partition coefficient (Wildman–Crippen LogP) is 3.24. The summed E-state index contributed by atoms with van der Waals surface area (Å²) >= 11 is 0. The first-order chi connectivity index (χ1) is 12.0. The molecule has 0 spiro atoms. The Kier molecular flexibility index (Phi) is 6.31. The molecule has 5 nitrogen and oxygen atoms in total. The first kappa shape index (κ1) is 18.7. The number of hydrogen-bond donors (Lipinski definition) is 2. The highest BCUT2D eigenvalue weighted by atomic mass is 16.5. The van der Waals surface area contributed by atoms with Gasteiger partial charge >= 0.3 is 0 Å². The van der Waals surface area contributed by atoms with Gasteiger partial charge in [0.05, 0.1) is 18.8 Å². The van der Waals surface area contributed by atoms with Gasteiger partial charge in [-0.2, -0.15) is 0 Å². The number of anilines is 1. The van der Waals surface area contributed by atoms with E-state index in [-0.39, 0.29) is 17.6 Å². The van der Waals surface area contributed by atoms with E-state index in [1.807, 2.05) is 19.9 Å². The third-order valence-corrected chi connectivity index (χ3v) is 4.32. The van der Waals surface area contributed by atoms with Crippen molar-refractivity contribution in [3.8, 4) is 5.75 Å². The van der Waals surface area contributed by atoms with Gasteiger partial charge in [0, 0.05) is 11.1 Å². The van der Waals surface area contributed by atoms with Gasteiger partial charge in [-0.3, -0.25) is 9.59 Å². The molecule has 3 N–H and O–H groups in total. The van der Waals surface area contributed by atoms with Crippen LogP contribution >= 0.6 is 0 Å². The molecule has 0 heterocycles. The highest BCUT2D eigenvalue weighted by molar-refractivity contribution is 6.14. The Balaban J connectivity index is 2.35. The average Bonchev–Trinajstić information content (AvgIpc) is 2.67. The number of benzene rings is 2. The van der Waals surface area contributed by atoms with Gasteiger partial charge in [0.1, 0.15) is 5.75 Å². The molecule has 132 valence electrons. The van der Waals surface area contributed by atoms with Crippen LogP contribution in [-0.4, -0.2) is 24.8 Å². The number of methoxy groups -OCH3 is 1. The molecule has 0 unspecified atom stereocenters. The second-order valence-corrected chi connectivity index (χ2v) is 6.01. The lowest BCUT2D eigenvalue weighted by atomic mass is 9.98. The van der Waals surface area contributed by atoms with Gasteiger partial charge in [-0.15, -0.1) is 0 Å². The molecule has 2 aromatic carbocycles. The Morgan fingerprint density at radius 2 is 1.84 bits per heavy atom. The minimum Gasteiger partial charge on any atom is -0.497 e. The minimum absolute atomic E-state index is 0.0477. The zero-order valence-electron chi connectivity index (χ0n) is 14.8. The fraction of sp³-hybridized carbons (Fsp3) is 0.300. The summed E-state index contributed by atoms with van der Waals surface area (Å²) < 4.78 is 5.21. The molecule has 0 fully saturated rings. The lowest BCUT2D eigenvalue weighted by molar-refractivity contribution is -0.118. The van der Waals surface area contributed by atoms with E-state index in [4.69, 9.17) is 10.5 Å². The third-order valence-electron chi connectivity index (χ3n) is 4.32. The standard InChI is InChI=1S/C20H24N2O3/c1-4-13(2)18(21)20(24)22-17-11-10-15(25-3)12-16(17)19(23)14-8-6-5-7-9-14/h5-13,18H,4,21H2,1-3H3,(H,22,24)/t13-,18-/m0/s1. The van der Waals surface area contributed by atoms with Crippen molar-refractivity contribution in [2.75, 3.05) is 12.4 Å². The number of ketones is 1. The SMILES string of the molecule is CC[C@H](C)[C@H](N)C(=O)Nc1ccc(OC)cc1C(=O)c1ccccc1. The first-order valence-corrected chi connectivity index (χ1v) is 8.32. The lowest BCUT2D eigenvalue weighted by Gasteiger charge is -2.19. The van der Waals surface area contributed by atoms with E-state index in [9.17, 15) is 9.59 Å². The molecule has 0 aliphatic carbocycles. The second kappa shape index (κ2) is 8.44. The summed E-state index contributed by atoms with van der Waals surface area (Å²) in [5.41, 5.74) is 7.33. The number of hydrogen-bond acceptors (Lipinski definition) is 4. The molecule has 2 aromatic rings. The number of nitrogens with two attached hydrogens (primary N) is 1. The van der Waals surface area contributed by atoms with Crippen molar-refractivity contribution < 1.29 is 14.3 Å². The summed E-state index contributed by atoms with van der Waals surface area (Å²) in [7, 11) is 1.53. The molecule has 0 radical (unpaired) electrons. The summed E-state index contributed by atoms with van der Waals surface area (Å²) in [6.45, 7) is 3.91. The highest BCUT2D eigenvalue weighted by Crippen LogP contribution is 2.25. The summed E-state index contributed by atoms with van der Waals surface area (Å²) in [6.07, 6.45) is 0.799. The van der Waals surface area contributed by atoms with Gasteiger partial charge in [0.2, 0.25) is 5.91 Å². The fourth-order valence-corrected chi connectivity index (χ4v) is 2.42. The molecule has 2 rings (SSSR count). The third kappa shape index (κ3) is 4.45. The number of rotatable bonds is 7. The molecular weight excluding hydrogens is 316 g/mol. The Labute approximate surface area is 148 Å². The van der Waals surface area contributed by atoms with Crippen LogP contribution in [0, 0.1) is 5.92 Å². The smallest absolute Gasteiger partial charge is 0.241 e. The maximum absolute atomic E-state index is 12.8. The molecule has 0 bridgehead atoms. The zero-order valence-corrected chi connectivity index (χ0v) is 14.8. The molecule has 25 heavy (non-hydrogen) atoms. The average molecular weight is 340 g/mol.